The van der Waals surface area contributed by atoms with Crippen molar-refractivity contribution in [2.45, 2.75) is 18.9 Å². The molecular weight excluding hydrogens is 230 g/mol. The van der Waals surface area contributed by atoms with Crippen LogP contribution in [0.15, 0.2) is 6.20 Å². The molecule has 1 unspecified atom stereocenters. The summed E-state index contributed by atoms with van der Waals surface area (Å²) in [6.07, 6.45) is 3.71. The third-order valence-electron chi connectivity index (χ3n) is 2.40. The van der Waals surface area contributed by atoms with Crippen molar-refractivity contribution in [1.29, 1.82) is 0 Å². The van der Waals surface area contributed by atoms with Crippen LogP contribution in [0.2, 0.25) is 5.02 Å². The molecule has 1 saturated heterocycles. The van der Waals surface area contributed by atoms with E-state index in [4.69, 9.17) is 21.1 Å². The van der Waals surface area contributed by atoms with E-state index < -0.39 is 0 Å². The maximum absolute atomic E-state index is 5.95. The lowest BCUT2D eigenvalue weighted by atomic mass is 10.1. The monoisotopic (exact) mass is 243 g/mol. The fourth-order valence-corrected chi connectivity index (χ4v) is 1.73. The second-order valence-electron chi connectivity index (χ2n) is 3.60. The number of nitrogens with one attached hydrogen (secondary N) is 1. The van der Waals surface area contributed by atoms with Crippen molar-refractivity contribution in [2.75, 3.05) is 20.2 Å². The molecular formula is C10H14ClN3O2. The van der Waals surface area contributed by atoms with Crippen molar-refractivity contribution < 1.29 is 9.47 Å². The molecule has 0 amide bonds. The quantitative estimate of drug-likeness (QED) is 0.867. The van der Waals surface area contributed by atoms with E-state index >= 15 is 0 Å². The van der Waals surface area contributed by atoms with Crippen molar-refractivity contribution >= 4 is 11.6 Å². The molecule has 88 valence electrons. The number of rotatable bonds is 3. The van der Waals surface area contributed by atoms with Gasteiger partial charge in [-0.25, -0.2) is 4.98 Å². The molecule has 0 bridgehead atoms. The van der Waals surface area contributed by atoms with Crippen LogP contribution in [0.1, 0.15) is 12.8 Å². The molecule has 0 saturated carbocycles. The molecule has 1 aromatic rings. The summed E-state index contributed by atoms with van der Waals surface area (Å²) in [7, 11) is 1.51. The average molecular weight is 244 g/mol. The van der Waals surface area contributed by atoms with Crippen molar-refractivity contribution in [3.63, 3.8) is 0 Å². The number of aromatic nitrogens is 2. The number of hydrogen-bond donors (Lipinski definition) is 1. The Morgan fingerprint density at radius 1 is 1.56 bits per heavy atom. The highest BCUT2D eigenvalue weighted by atomic mass is 35.5. The summed E-state index contributed by atoms with van der Waals surface area (Å²) >= 11 is 5.95. The first-order valence-electron chi connectivity index (χ1n) is 5.23. The van der Waals surface area contributed by atoms with Gasteiger partial charge in [-0.05, 0) is 19.4 Å². The molecule has 16 heavy (non-hydrogen) atoms. The molecule has 1 aliphatic heterocycles. The van der Waals surface area contributed by atoms with Gasteiger partial charge in [0.1, 0.15) is 11.1 Å². The van der Waals surface area contributed by atoms with E-state index in [0.717, 1.165) is 25.9 Å². The van der Waals surface area contributed by atoms with Crippen LogP contribution in [0, 0.1) is 0 Å². The van der Waals surface area contributed by atoms with Gasteiger partial charge in [0.15, 0.2) is 0 Å². The lowest BCUT2D eigenvalue weighted by molar-refractivity contribution is 0.158. The molecule has 0 aromatic carbocycles. The molecule has 0 radical (unpaired) electrons. The van der Waals surface area contributed by atoms with Gasteiger partial charge in [-0.15, -0.1) is 0 Å². The van der Waals surface area contributed by atoms with Gasteiger partial charge in [-0.3, -0.25) is 0 Å². The summed E-state index contributed by atoms with van der Waals surface area (Å²) < 4.78 is 10.6. The molecule has 2 heterocycles. The predicted octanol–water partition coefficient (Wildman–Crippen LogP) is 1.27. The van der Waals surface area contributed by atoms with E-state index in [-0.39, 0.29) is 12.1 Å². The lowest BCUT2D eigenvalue weighted by Crippen LogP contribution is -2.37. The first kappa shape index (κ1) is 11.4. The Balaban J connectivity index is 2.06. The predicted molar refractivity (Wildman–Crippen MR) is 60.1 cm³/mol. The van der Waals surface area contributed by atoms with Gasteiger partial charge >= 0.3 is 6.01 Å². The Labute approximate surface area is 99.1 Å². The Morgan fingerprint density at radius 2 is 2.44 bits per heavy atom. The summed E-state index contributed by atoms with van der Waals surface area (Å²) in [5.41, 5.74) is 0. The summed E-state index contributed by atoms with van der Waals surface area (Å²) in [6.45, 7) is 1.86. The molecule has 6 heteroatoms. The summed E-state index contributed by atoms with van der Waals surface area (Å²) in [4.78, 5) is 7.96. The number of nitrogens with zero attached hydrogens (tertiary/aromatic N) is 2. The van der Waals surface area contributed by atoms with Gasteiger partial charge in [-0.2, -0.15) is 4.98 Å². The lowest BCUT2D eigenvalue weighted by Gasteiger charge is -2.23. The number of methoxy groups -OCH3 is 1. The zero-order valence-corrected chi connectivity index (χ0v) is 9.83. The normalized spacial score (nSPS) is 20.5. The Kier molecular flexibility index (Phi) is 3.79. The van der Waals surface area contributed by atoms with Crippen molar-refractivity contribution in [1.82, 2.24) is 15.3 Å². The van der Waals surface area contributed by atoms with Gasteiger partial charge in [-0.1, -0.05) is 11.6 Å². The van der Waals surface area contributed by atoms with Crippen molar-refractivity contribution in [3.8, 4) is 11.9 Å². The largest absolute Gasteiger partial charge is 0.472 e. The van der Waals surface area contributed by atoms with Crippen molar-refractivity contribution in [2.24, 2.45) is 0 Å². The van der Waals surface area contributed by atoms with E-state index in [9.17, 15) is 0 Å². The Hall–Kier alpha value is -1.07. The number of ether oxygens (including phenoxy) is 2. The second kappa shape index (κ2) is 5.32. The van der Waals surface area contributed by atoms with Gasteiger partial charge in [0, 0.05) is 6.54 Å². The molecule has 1 atom stereocenters. The molecule has 1 fully saturated rings. The number of hydrogen-bond acceptors (Lipinski definition) is 5. The fraction of sp³-hybridized carbons (Fsp3) is 0.600. The second-order valence-corrected chi connectivity index (χ2v) is 4.00. The minimum atomic E-state index is 0.117. The minimum absolute atomic E-state index is 0.117. The topological polar surface area (TPSA) is 56.3 Å². The average Bonchev–Trinajstić information content (AvgIpc) is 2.33. The number of halogens is 1. The molecule has 0 spiro atoms. The number of piperidine rings is 1. The molecule has 1 N–H and O–H groups in total. The fourth-order valence-electron chi connectivity index (χ4n) is 1.60. The van der Waals surface area contributed by atoms with E-state index in [1.165, 1.54) is 13.3 Å². The molecule has 0 aliphatic carbocycles. The first-order valence-corrected chi connectivity index (χ1v) is 5.61. The van der Waals surface area contributed by atoms with Crippen LogP contribution >= 0.6 is 11.6 Å². The van der Waals surface area contributed by atoms with E-state index in [0.29, 0.717) is 10.9 Å². The molecule has 1 aromatic heterocycles. The smallest absolute Gasteiger partial charge is 0.319 e. The minimum Gasteiger partial charge on any atom is -0.472 e. The Morgan fingerprint density at radius 3 is 3.12 bits per heavy atom. The van der Waals surface area contributed by atoms with Gasteiger partial charge < -0.3 is 14.8 Å². The summed E-state index contributed by atoms with van der Waals surface area (Å²) in [5, 5.41) is 3.67. The van der Waals surface area contributed by atoms with Gasteiger partial charge in [0.25, 0.3) is 0 Å². The van der Waals surface area contributed by atoms with Crippen LogP contribution in [-0.2, 0) is 0 Å². The van der Waals surface area contributed by atoms with Gasteiger partial charge in [0.2, 0.25) is 5.88 Å². The summed E-state index contributed by atoms with van der Waals surface area (Å²) in [5.74, 6) is 0.391. The highest BCUT2D eigenvalue weighted by Gasteiger charge is 2.17. The van der Waals surface area contributed by atoms with Crippen LogP contribution in [0.25, 0.3) is 0 Å². The first-order chi connectivity index (χ1) is 7.79. The Bertz CT molecular complexity index is 356. The third-order valence-corrected chi connectivity index (χ3v) is 2.66. The maximum Gasteiger partial charge on any atom is 0.319 e. The van der Waals surface area contributed by atoms with Crippen LogP contribution in [0.5, 0.6) is 11.9 Å². The van der Waals surface area contributed by atoms with Crippen LogP contribution < -0.4 is 14.8 Å². The highest BCUT2D eigenvalue weighted by Crippen LogP contribution is 2.24. The zero-order chi connectivity index (χ0) is 11.4. The zero-order valence-electron chi connectivity index (χ0n) is 9.07. The van der Waals surface area contributed by atoms with Crippen molar-refractivity contribution in [3.05, 3.63) is 11.2 Å². The molecule has 5 nitrogen and oxygen atoms in total. The van der Waals surface area contributed by atoms with Gasteiger partial charge in [0.05, 0.1) is 13.3 Å². The van der Waals surface area contributed by atoms with Crippen LogP contribution in [-0.4, -0.2) is 36.3 Å². The molecule has 2 rings (SSSR count). The third kappa shape index (κ3) is 2.74. The SMILES string of the molecule is COc1ncc(Cl)c(OC2CCCNC2)n1. The van der Waals surface area contributed by atoms with E-state index in [2.05, 4.69) is 15.3 Å². The maximum atomic E-state index is 5.95. The summed E-state index contributed by atoms with van der Waals surface area (Å²) in [6, 6.07) is 0.267. The highest BCUT2D eigenvalue weighted by molar-refractivity contribution is 6.31. The molecule has 1 aliphatic rings. The van der Waals surface area contributed by atoms with Crippen LogP contribution in [0.4, 0.5) is 0 Å². The van der Waals surface area contributed by atoms with E-state index in [1.54, 1.807) is 0 Å². The standard InChI is InChI=1S/C10H14ClN3O2/c1-15-10-13-6-8(11)9(14-10)16-7-3-2-4-12-5-7/h6-7,12H,2-5H2,1H3. The van der Waals surface area contributed by atoms with E-state index in [1.807, 2.05) is 0 Å². The van der Waals surface area contributed by atoms with Crippen LogP contribution in [0.3, 0.4) is 0 Å².